The summed E-state index contributed by atoms with van der Waals surface area (Å²) in [7, 11) is 0. The first-order valence-electron chi connectivity index (χ1n) is 10.6. The number of carbonyl (C=O) groups excluding carboxylic acids is 2. The van der Waals surface area contributed by atoms with Crippen LogP contribution in [-0.4, -0.2) is 40.9 Å². The van der Waals surface area contributed by atoms with Crippen LogP contribution in [0.5, 0.6) is 0 Å². The molecule has 3 amide bonds. The van der Waals surface area contributed by atoms with Crippen molar-refractivity contribution < 1.29 is 19.4 Å². The Hall–Kier alpha value is -2.58. The number of amides is 3. The zero-order valence-corrected chi connectivity index (χ0v) is 20.4. The van der Waals surface area contributed by atoms with Crippen molar-refractivity contribution in [1.29, 1.82) is 0 Å². The molecule has 0 aromatic heterocycles. The lowest BCUT2D eigenvalue weighted by Gasteiger charge is -2.23. The Balaban J connectivity index is 1.94. The molecule has 0 atom stereocenters. The number of alkyl carbamates (subject to hydrolysis) is 1. The van der Waals surface area contributed by atoms with Crippen molar-refractivity contribution in [2.75, 3.05) is 18.5 Å². The molecule has 0 radical (unpaired) electrons. The number of halogens is 1. The van der Waals surface area contributed by atoms with E-state index in [-0.39, 0.29) is 12.6 Å². The van der Waals surface area contributed by atoms with Gasteiger partial charge in [0.25, 0.3) is 0 Å². The van der Waals surface area contributed by atoms with E-state index >= 15 is 0 Å². The average molecular weight is 506 g/mol. The fraction of sp³-hybridized carbons (Fsp3) is 0.417. The summed E-state index contributed by atoms with van der Waals surface area (Å²) in [6.45, 7) is 6.89. The Morgan fingerprint density at radius 1 is 1.00 bits per heavy atom. The molecule has 0 aliphatic carbocycles. The highest BCUT2D eigenvalue weighted by molar-refractivity contribution is 9.10. The van der Waals surface area contributed by atoms with Gasteiger partial charge in [0.1, 0.15) is 5.60 Å². The van der Waals surface area contributed by atoms with E-state index in [1.165, 1.54) is 0 Å². The monoisotopic (exact) mass is 505 g/mol. The normalized spacial score (nSPS) is 11.0. The van der Waals surface area contributed by atoms with Gasteiger partial charge in [0, 0.05) is 36.4 Å². The van der Waals surface area contributed by atoms with Crippen LogP contribution in [0.1, 0.15) is 44.7 Å². The largest absolute Gasteiger partial charge is 0.444 e. The second-order valence-corrected chi connectivity index (χ2v) is 9.38. The number of benzene rings is 2. The van der Waals surface area contributed by atoms with E-state index in [0.29, 0.717) is 31.7 Å². The summed E-state index contributed by atoms with van der Waals surface area (Å²) in [4.78, 5) is 26.4. The molecule has 0 saturated carbocycles. The van der Waals surface area contributed by atoms with Crippen LogP contribution in [0, 0.1) is 0 Å². The molecule has 3 N–H and O–H groups in total. The SMILES string of the molecule is CC(C)(C)OC(=O)NCc1ccc(NC(=O)N(CCCCO)Cc2ccc(Br)cc2)cc1. The van der Waals surface area contributed by atoms with Crippen LogP contribution in [0.3, 0.4) is 0 Å². The van der Waals surface area contributed by atoms with E-state index in [1.807, 2.05) is 57.2 Å². The third kappa shape index (κ3) is 9.70. The summed E-state index contributed by atoms with van der Waals surface area (Å²) < 4.78 is 6.21. The van der Waals surface area contributed by atoms with Crippen molar-refractivity contribution >= 4 is 33.7 Å². The maximum Gasteiger partial charge on any atom is 0.407 e. The minimum absolute atomic E-state index is 0.104. The third-order valence-corrected chi connectivity index (χ3v) is 4.98. The van der Waals surface area contributed by atoms with Gasteiger partial charge in [-0.25, -0.2) is 9.59 Å². The first-order chi connectivity index (χ1) is 15.2. The molecule has 32 heavy (non-hydrogen) atoms. The summed E-state index contributed by atoms with van der Waals surface area (Å²) in [6.07, 6.45) is 0.889. The topological polar surface area (TPSA) is 90.9 Å². The zero-order chi connectivity index (χ0) is 23.6. The average Bonchev–Trinajstić information content (AvgIpc) is 2.73. The number of aliphatic hydroxyl groups excluding tert-OH is 1. The fourth-order valence-corrected chi connectivity index (χ4v) is 3.14. The Bertz CT molecular complexity index is 864. The number of ether oxygens (including phenoxy) is 1. The predicted octanol–water partition coefficient (Wildman–Crippen LogP) is 5.28. The number of urea groups is 1. The molecular weight excluding hydrogens is 474 g/mol. The smallest absolute Gasteiger partial charge is 0.407 e. The van der Waals surface area contributed by atoms with Crippen molar-refractivity contribution in [3.05, 3.63) is 64.1 Å². The predicted molar refractivity (Wildman–Crippen MR) is 129 cm³/mol. The van der Waals surface area contributed by atoms with Crippen LogP contribution in [0.4, 0.5) is 15.3 Å². The summed E-state index contributed by atoms with van der Waals surface area (Å²) in [5, 5.41) is 14.7. The molecule has 7 nitrogen and oxygen atoms in total. The lowest BCUT2D eigenvalue weighted by Crippen LogP contribution is -2.35. The van der Waals surface area contributed by atoms with Gasteiger partial charge in [0.2, 0.25) is 0 Å². The Morgan fingerprint density at radius 3 is 2.22 bits per heavy atom. The molecular formula is C24H32BrN3O4. The first-order valence-corrected chi connectivity index (χ1v) is 11.4. The molecule has 0 heterocycles. The van der Waals surface area contributed by atoms with E-state index in [2.05, 4.69) is 26.6 Å². The fourth-order valence-electron chi connectivity index (χ4n) is 2.87. The van der Waals surface area contributed by atoms with Crippen LogP contribution in [0.25, 0.3) is 0 Å². The molecule has 174 valence electrons. The van der Waals surface area contributed by atoms with E-state index in [1.54, 1.807) is 17.0 Å². The lowest BCUT2D eigenvalue weighted by molar-refractivity contribution is 0.0523. The van der Waals surface area contributed by atoms with E-state index in [9.17, 15) is 9.59 Å². The van der Waals surface area contributed by atoms with Gasteiger partial charge in [-0.3, -0.25) is 0 Å². The summed E-state index contributed by atoms with van der Waals surface area (Å²) in [5.74, 6) is 0. The molecule has 2 rings (SSSR count). The number of aliphatic hydroxyl groups is 1. The number of hydrogen-bond donors (Lipinski definition) is 3. The van der Waals surface area contributed by atoms with Gasteiger partial charge >= 0.3 is 12.1 Å². The van der Waals surface area contributed by atoms with Gasteiger partial charge in [0.15, 0.2) is 0 Å². The molecule has 0 saturated heterocycles. The van der Waals surface area contributed by atoms with Crippen molar-refractivity contribution in [3.63, 3.8) is 0 Å². The first kappa shape index (κ1) is 25.7. The number of unbranched alkanes of at least 4 members (excludes halogenated alkanes) is 1. The maximum absolute atomic E-state index is 12.9. The standard InChI is InChI=1S/C24H32BrN3O4/c1-24(2,3)32-23(31)26-16-18-8-12-21(13-9-18)27-22(30)28(14-4-5-15-29)17-19-6-10-20(25)11-7-19/h6-13,29H,4-5,14-17H2,1-3H3,(H,26,31)(H,27,30). The van der Waals surface area contributed by atoms with Crippen LogP contribution in [0.15, 0.2) is 53.0 Å². The van der Waals surface area contributed by atoms with Crippen molar-refractivity contribution in [3.8, 4) is 0 Å². The van der Waals surface area contributed by atoms with Crippen molar-refractivity contribution in [1.82, 2.24) is 10.2 Å². The zero-order valence-electron chi connectivity index (χ0n) is 18.9. The van der Waals surface area contributed by atoms with Crippen LogP contribution in [-0.2, 0) is 17.8 Å². The Labute approximate surface area is 198 Å². The van der Waals surface area contributed by atoms with E-state index < -0.39 is 11.7 Å². The van der Waals surface area contributed by atoms with Gasteiger partial charge in [-0.2, -0.15) is 0 Å². The quantitative estimate of drug-likeness (QED) is 0.404. The maximum atomic E-state index is 12.9. The second-order valence-electron chi connectivity index (χ2n) is 8.46. The highest BCUT2D eigenvalue weighted by Crippen LogP contribution is 2.15. The highest BCUT2D eigenvalue weighted by Gasteiger charge is 2.16. The number of nitrogens with one attached hydrogen (secondary N) is 2. The summed E-state index contributed by atoms with van der Waals surface area (Å²) in [6, 6.07) is 14.9. The number of anilines is 1. The second kappa shape index (κ2) is 12.5. The lowest BCUT2D eigenvalue weighted by atomic mass is 10.2. The molecule has 0 spiro atoms. The molecule has 0 aliphatic heterocycles. The Kier molecular flexibility index (Phi) is 9.99. The summed E-state index contributed by atoms with van der Waals surface area (Å²) in [5.41, 5.74) is 2.04. The van der Waals surface area contributed by atoms with Crippen LogP contribution < -0.4 is 10.6 Å². The Morgan fingerprint density at radius 2 is 1.62 bits per heavy atom. The molecule has 0 bridgehead atoms. The van der Waals surface area contributed by atoms with E-state index in [0.717, 1.165) is 22.0 Å². The minimum atomic E-state index is -0.544. The summed E-state index contributed by atoms with van der Waals surface area (Å²) >= 11 is 3.42. The highest BCUT2D eigenvalue weighted by atomic mass is 79.9. The number of rotatable bonds is 9. The van der Waals surface area contributed by atoms with Crippen LogP contribution >= 0.6 is 15.9 Å². The molecule has 0 aliphatic rings. The van der Waals surface area contributed by atoms with Gasteiger partial charge in [-0.1, -0.05) is 40.2 Å². The molecule has 2 aromatic rings. The number of hydrogen-bond acceptors (Lipinski definition) is 4. The number of carbonyl (C=O) groups is 2. The van der Waals surface area contributed by atoms with Crippen molar-refractivity contribution in [2.24, 2.45) is 0 Å². The van der Waals surface area contributed by atoms with Gasteiger partial charge < -0.3 is 25.4 Å². The molecule has 8 heteroatoms. The molecule has 0 fully saturated rings. The van der Waals surface area contributed by atoms with Gasteiger partial charge in [0.05, 0.1) is 0 Å². The minimum Gasteiger partial charge on any atom is -0.444 e. The van der Waals surface area contributed by atoms with E-state index in [4.69, 9.17) is 9.84 Å². The third-order valence-electron chi connectivity index (χ3n) is 4.45. The molecule has 2 aromatic carbocycles. The number of nitrogens with zero attached hydrogens (tertiary/aromatic N) is 1. The molecule has 0 unspecified atom stereocenters. The van der Waals surface area contributed by atoms with Crippen molar-refractivity contribution in [2.45, 2.75) is 52.3 Å². The van der Waals surface area contributed by atoms with Crippen LogP contribution in [0.2, 0.25) is 0 Å². The van der Waals surface area contributed by atoms with Gasteiger partial charge in [-0.15, -0.1) is 0 Å². The van der Waals surface area contributed by atoms with Gasteiger partial charge in [-0.05, 0) is 69.0 Å².